The Balaban J connectivity index is 5.49. The Morgan fingerprint density at radius 3 is 1.33 bits per heavy atom. The molecule has 0 fully saturated rings. The van der Waals surface area contributed by atoms with E-state index in [0.717, 1.165) is 13.0 Å². The Morgan fingerprint density at radius 1 is 0.833 bits per heavy atom. The first kappa shape index (κ1) is 18.3. The van der Waals surface area contributed by atoms with E-state index < -0.39 is 16.6 Å². The van der Waals surface area contributed by atoms with Crippen molar-refractivity contribution < 1.29 is 8.85 Å². The number of hydrogen-bond donors (Lipinski definition) is 1. The number of hydrogen-bond acceptors (Lipinski definition) is 3. The normalized spacial score (nSPS) is 13.3. The van der Waals surface area contributed by atoms with Gasteiger partial charge in [0.15, 0.2) is 16.6 Å². The summed E-state index contributed by atoms with van der Waals surface area (Å²) in [5.41, 5.74) is 5.88. The highest BCUT2D eigenvalue weighted by molar-refractivity contribution is 6.94. The lowest BCUT2D eigenvalue weighted by Crippen LogP contribution is -2.56. The molecule has 0 spiro atoms. The smallest absolute Gasteiger partial charge is 0.194 e. The van der Waals surface area contributed by atoms with Gasteiger partial charge in [-0.05, 0) is 42.3 Å². The maximum atomic E-state index is 6.10. The van der Waals surface area contributed by atoms with Crippen molar-refractivity contribution in [2.45, 2.75) is 63.5 Å². The van der Waals surface area contributed by atoms with Crippen molar-refractivity contribution in [3.8, 4) is 0 Å². The summed E-state index contributed by atoms with van der Waals surface area (Å²) in [5, 5.41) is 0.620. The molecule has 2 N–H and O–H groups in total. The molecule has 0 radical (unpaired) electrons. The Morgan fingerprint density at radius 2 is 1.17 bits per heavy atom. The summed E-state index contributed by atoms with van der Waals surface area (Å²) in [6.07, 6.45) is 1.07. The summed E-state index contributed by atoms with van der Waals surface area (Å²) in [7, 11) is 0.392. The molecule has 0 bridgehead atoms. The molecule has 0 aliphatic rings. The van der Waals surface area contributed by atoms with Crippen molar-refractivity contribution in [2.75, 3.05) is 20.8 Å². The van der Waals surface area contributed by atoms with Gasteiger partial charge in [-0.2, -0.15) is 0 Å². The maximum Gasteiger partial charge on any atom is 0.194 e. The number of nitrogens with two attached hydrogens (primary N) is 1. The van der Waals surface area contributed by atoms with E-state index in [2.05, 4.69) is 27.7 Å². The third-order valence-corrected chi connectivity index (χ3v) is 17.6. The van der Waals surface area contributed by atoms with Crippen LogP contribution in [0.15, 0.2) is 0 Å². The molecule has 110 valence electrons. The summed E-state index contributed by atoms with van der Waals surface area (Å²) in [6.45, 7) is 9.87. The van der Waals surface area contributed by atoms with Gasteiger partial charge in [-0.1, -0.05) is 27.7 Å². The summed E-state index contributed by atoms with van der Waals surface area (Å²) in [5.74, 6) is 0. The summed E-state index contributed by atoms with van der Waals surface area (Å²) in [4.78, 5) is 0. The fourth-order valence-corrected chi connectivity index (χ4v) is 16.6. The van der Waals surface area contributed by atoms with Gasteiger partial charge in [-0.3, -0.25) is 0 Å². The van der Waals surface area contributed by atoms with E-state index in [1.165, 1.54) is 24.2 Å². The standard InChI is InChI=1S/C13H33NO2Si2/c1-7-17(8-2,15-5)13(11-12-14)18(9-3,10-4)16-6/h13H,7-12,14H2,1-6H3. The van der Waals surface area contributed by atoms with Crippen molar-refractivity contribution in [3.05, 3.63) is 0 Å². The SMILES string of the molecule is CC[Si](CC)(OC)C(CCN)[Si](CC)(CC)OC. The second kappa shape index (κ2) is 8.48. The van der Waals surface area contributed by atoms with Crippen molar-refractivity contribution in [1.29, 1.82) is 0 Å². The molecule has 3 nitrogen and oxygen atoms in total. The zero-order valence-corrected chi connectivity index (χ0v) is 15.2. The lowest BCUT2D eigenvalue weighted by atomic mass is 10.5. The van der Waals surface area contributed by atoms with Crippen LogP contribution in [0.1, 0.15) is 34.1 Å². The minimum atomic E-state index is -1.71. The molecular formula is C13H33NO2Si2. The van der Waals surface area contributed by atoms with E-state index in [-0.39, 0.29) is 0 Å². The largest absolute Gasteiger partial charge is 0.420 e. The summed E-state index contributed by atoms with van der Waals surface area (Å²) >= 11 is 0. The Kier molecular flexibility index (Phi) is 8.63. The predicted octanol–water partition coefficient (Wildman–Crippen LogP) is 3.51. The van der Waals surface area contributed by atoms with E-state index in [1.54, 1.807) is 0 Å². The zero-order valence-electron chi connectivity index (χ0n) is 13.2. The molecule has 0 unspecified atom stereocenters. The van der Waals surface area contributed by atoms with E-state index in [4.69, 9.17) is 14.6 Å². The predicted molar refractivity (Wildman–Crippen MR) is 84.9 cm³/mol. The van der Waals surface area contributed by atoms with Crippen LogP contribution in [-0.4, -0.2) is 37.4 Å². The third-order valence-electron chi connectivity index (χ3n) is 4.93. The molecule has 5 heteroatoms. The average molecular weight is 292 g/mol. The molecule has 0 amide bonds. The molecule has 0 atom stereocenters. The van der Waals surface area contributed by atoms with Gasteiger partial charge >= 0.3 is 0 Å². The van der Waals surface area contributed by atoms with Crippen LogP contribution in [0.3, 0.4) is 0 Å². The van der Waals surface area contributed by atoms with Gasteiger partial charge < -0.3 is 14.6 Å². The lowest BCUT2D eigenvalue weighted by molar-refractivity contribution is 0.354. The highest BCUT2D eigenvalue weighted by atomic mass is 28.4. The zero-order chi connectivity index (χ0) is 14.2. The van der Waals surface area contributed by atoms with Crippen molar-refractivity contribution in [2.24, 2.45) is 5.73 Å². The highest BCUT2D eigenvalue weighted by Gasteiger charge is 2.51. The Labute approximate surface area is 116 Å². The average Bonchev–Trinajstić information content (AvgIpc) is 2.44. The van der Waals surface area contributed by atoms with Crippen LogP contribution < -0.4 is 5.73 Å². The van der Waals surface area contributed by atoms with Gasteiger partial charge in [0.25, 0.3) is 0 Å². The first-order chi connectivity index (χ1) is 8.56. The minimum absolute atomic E-state index is 0.620. The van der Waals surface area contributed by atoms with Crippen LogP contribution in [0.2, 0.25) is 29.3 Å². The molecule has 0 aromatic carbocycles. The van der Waals surface area contributed by atoms with E-state index in [1.807, 2.05) is 14.2 Å². The minimum Gasteiger partial charge on any atom is -0.420 e. The first-order valence-electron chi connectivity index (χ1n) is 7.36. The van der Waals surface area contributed by atoms with E-state index in [9.17, 15) is 0 Å². The van der Waals surface area contributed by atoms with Gasteiger partial charge in [0.2, 0.25) is 0 Å². The van der Waals surface area contributed by atoms with Crippen LogP contribution in [0.25, 0.3) is 0 Å². The topological polar surface area (TPSA) is 44.5 Å². The van der Waals surface area contributed by atoms with Crippen molar-refractivity contribution >= 4 is 16.6 Å². The molecule has 0 aliphatic heterocycles. The van der Waals surface area contributed by atoms with Gasteiger partial charge in [-0.25, -0.2) is 0 Å². The molecule has 18 heavy (non-hydrogen) atoms. The Hall–Kier alpha value is 0.314. The fraction of sp³-hybridized carbons (Fsp3) is 1.00. The second-order valence-electron chi connectivity index (χ2n) is 5.08. The molecule has 0 aliphatic carbocycles. The van der Waals surface area contributed by atoms with Crippen LogP contribution in [0.5, 0.6) is 0 Å². The van der Waals surface area contributed by atoms with Gasteiger partial charge in [0.1, 0.15) is 0 Å². The lowest BCUT2D eigenvalue weighted by Gasteiger charge is -2.45. The Bertz CT molecular complexity index is 183. The molecule has 0 aromatic rings. The van der Waals surface area contributed by atoms with Gasteiger partial charge in [0.05, 0.1) is 0 Å². The monoisotopic (exact) mass is 291 g/mol. The summed E-state index contributed by atoms with van der Waals surface area (Å²) < 4.78 is 12.2. The maximum absolute atomic E-state index is 6.10. The molecule has 0 saturated carbocycles. The molecule has 0 rings (SSSR count). The molecule has 0 heterocycles. The number of rotatable bonds is 10. The van der Waals surface area contributed by atoms with Crippen LogP contribution in [-0.2, 0) is 8.85 Å². The second-order valence-corrected chi connectivity index (χ2v) is 15.0. The molecular weight excluding hydrogens is 258 g/mol. The summed E-state index contributed by atoms with van der Waals surface area (Å²) in [6, 6.07) is 4.68. The quantitative estimate of drug-likeness (QED) is 0.626. The van der Waals surface area contributed by atoms with Crippen LogP contribution in [0.4, 0.5) is 0 Å². The van der Waals surface area contributed by atoms with Crippen molar-refractivity contribution in [3.63, 3.8) is 0 Å². The van der Waals surface area contributed by atoms with Crippen LogP contribution >= 0.6 is 0 Å². The van der Waals surface area contributed by atoms with Crippen molar-refractivity contribution in [1.82, 2.24) is 0 Å². The third kappa shape index (κ3) is 3.45. The van der Waals surface area contributed by atoms with Crippen LogP contribution in [0, 0.1) is 0 Å². The highest BCUT2D eigenvalue weighted by Crippen LogP contribution is 2.43. The van der Waals surface area contributed by atoms with E-state index >= 15 is 0 Å². The fourth-order valence-electron chi connectivity index (χ4n) is 3.52. The van der Waals surface area contributed by atoms with Gasteiger partial charge in [0, 0.05) is 14.2 Å². The van der Waals surface area contributed by atoms with E-state index in [0.29, 0.717) is 5.16 Å². The molecule has 0 aromatic heterocycles. The van der Waals surface area contributed by atoms with Gasteiger partial charge in [-0.15, -0.1) is 0 Å². The first-order valence-corrected chi connectivity index (χ1v) is 12.2. The molecule has 0 saturated heterocycles.